The molecule has 0 atom stereocenters. The Morgan fingerprint density at radius 2 is 1.94 bits per heavy atom. The van der Waals surface area contributed by atoms with Crippen LogP contribution >= 0.6 is 22.7 Å². The van der Waals surface area contributed by atoms with Gasteiger partial charge in [0.25, 0.3) is 5.91 Å². The summed E-state index contributed by atoms with van der Waals surface area (Å²) in [5.74, 6) is -0.00000639. The quantitative estimate of drug-likeness (QED) is 0.531. The molecule has 3 heterocycles. The van der Waals surface area contributed by atoms with Crippen molar-refractivity contribution in [3.63, 3.8) is 0 Å². The first kappa shape index (κ1) is 22.6. The summed E-state index contributed by atoms with van der Waals surface area (Å²) >= 11 is 3.39. The van der Waals surface area contributed by atoms with Crippen LogP contribution in [0.15, 0.2) is 47.2 Å². The largest absolute Gasteiger partial charge is 0.336 e. The van der Waals surface area contributed by atoms with Gasteiger partial charge in [0.2, 0.25) is 5.91 Å². The van der Waals surface area contributed by atoms with Crippen LogP contribution in [-0.2, 0) is 17.8 Å². The van der Waals surface area contributed by atoms with E-state index in [1.807, 2.05) is 36.1 Å². The fraction of sp³-hybridized carbons (Fsp3) is 0.375. The molecule has 0 bridgehead atoms. The summed E-state index contributed by atoms with van der Waals surface area (Å²) in [6.07, 6.45) is 2.20. The number of nitrogens with one attached hydrogen (secondary N) is 1. The van der Waals surface area contributed by atoms with Crippen LogP contribution in [0, 0.1) is 6.92 Å². The van der Waals surface area contributed by atoms with Gasteiger partial charge in [-0.05, 0) is 49.4 Å². The predicted molar refractivity (Wildman–Crippen MR) is 130 cm³/mol. The Labute approximate surface area is 196 Å². The zero-order chi connectivity index (χ0) is 22.3. The van der Waals surface area contributed by atoms with Crippen molar-refractivity contribution < 1.29 is 9.59 Å². The van der Waals surface area contributed by atoms with E-state index in [0.29, 0.717) is 30.8 Å². The highest BCUT2D eigenvalue weighted by Crippen LogP contribution is 2.17. The number of anilines is 1. The third kappa shape index (κ3) is 6.25. The molecule has 0 spiro atoms. The molecule has 168 valence electrons. The number of thiazole rings is 1. The Kier molecular flexibility index (Phi) is 7.68. The van der Waals surface area contributed by atoms with Crippen molar-refractivity contribution in [1.82, 2.24) is 14.8 Å². The summed E-state index contributed by atoms with van der Waals surface area (Å²) < 4.78 is 0. The zero-order valence-electron chi connectivity index (χ0n) is 18.3. The van der Waals surface area contributed by atoms with E-state index in [2.05, 4.69) is 32.0 Å². The Morgan fingerprint density at radius 1 is 1.09 bits per heavy atom. The highest BCUT2D eigenvalue weighted by Gasteiger charge is 2.23. The average Bonchev–Trinajstić information content (AvgIpc) is 3.46. The number of hydrogen-bond acceptors (Lipinski definition) is 6. The molecular formula is C24H28N4O2S2. The number of amides is 2. The number of thiophene rings is 1. The number of carbonyl (C=O) groups excluding carboxylic acids is 2. The SMILES string of the molecule is Cc1nc(CN2CCN(C(=O)c3cccc(NC(=O)CCCc4cccs4)c3)CC2)cs1. The van der Waals surface area contributed by atoms with Crippen molar-refractivity contribution in [3.05, 3.63) is 68.3 Å². The van der Waals surface area contributed by atoms with Crippen molar-refractivity contribution in [2.24, 2.45) is 0 Å². The van der Waals surface area contributed by atoms with E-state index < -0.39 is 0 Å². The van der Waals surface area contributed by atoms with Gasteiger partial charge in [-0.25, -0.2) is 4.98 Å². The molecule has 1 N–H and O–H groups in total. The summed E-state index contributed by atoms with van der Waals surface area (Å²) in [7, 11) is 0. The molecule has 1 saturated heterocycles. The Hall–Kier alpha value is -2.55. The maximum Gasteiger partial charge on any atom is 0.254 e. The fourth-order valence-electron chi connectivity index (χ4n) is 3.83. The van der Waals surface area contributed by atoms with Crippen molar-refractivity contribution in [1.29, 1.82) is 0 Å². The number of aryl methyl sites for hydroxylation is 2. The number of piperazine rings is 1. The number of rotatable bonds is 8. The van der Waals surface area contributed by atoms with Crippen LogP contribution in [0.25, 0.3) is 0 Å². The molecule has 0 aliphatic carbocycles. The second kappa shape index (κ2) is 10.8. The fourth-order valence-corrected chi connectivity index (χ4v) is 5.19. The minimum atomic E-state index is -0.0166. The molecule has 1 aromatic carbocycles. The molecule has 4 rings (SSSR count). The minimum Gasteiger partial charge on any atom is -0.336 e. The first-order valence-electron chi connectivity index (χ1n) is 10.9. The molecule has 3 aromatic rings. The normalized spacial score (nSPS) is 14.5. The van der Waals surface area contributed by atoms with Gasteiger partial charge in [-0.15, -0.1) is 22.7 Å². The van der Waals surface area contributed by atoms with Gasteiger partial charge in [0.1, 0.15) is 0 Å². The van der Waals surface area contributed by atoms with E-state index in [9.17, 15) is 9.59 Å². The second-order valence-corrected chi connectivity index (χ2v) is 10.1. The lowest BCUT2D eigenvalue weighted by atomic mass is 10.1. The third-order valence-electron chi connectivity index (χ3n) is 5.51. The van der Waals surface area contributed by atoms with Crippen molar-refractivity contribution in [2.45, 2.75) is 32.7 Å². The van der Waals surface area contributed by atoms with Crippen LogP contribution in [0.4, 0.5) is 5.69 Å². The van der Waals surface area contributed by atoms with Gasteiger partial charge < -0.3 is 10.2 Å². The minimum absolute atomic E-state index is 0.0166. The highest BCUT2D eigenvalue weighted by molar-refractivity contribution is 7.10. The lowest BCUT2D eigenvalue weighted by Crippen LogP contribution is -2.48. The Morgan fingerprint density at radius 3 is 2.66 bits per heavy atom. The highest BCUT2D eigenvalue weighted by atomic mass is 32.1. The molecule has 1 fully saturated rings. The monoisotopic (exact) mass is 468 g/mol. The first-order valence-corrected chi connectivity index (χ1v) is 12.7. The van der Waals surface area contributed by atoms with Crippen molar-refractivity contribution in [3.8, 4) is 0 Å². The average molecular weight is 469 g/mol. The molecule has 32 heavy (non-hydrogen) atoms. The summed E-state index contributed by atoms with van der Waals surface area (Å²) in [6, 6.07) is 11.4. The third-order valence-corrected chi connectivity index (χ3v) is 7.27. The lowest BCUT2D eigenvalue weighted by Gasteiger charge is -2.34. The number of nitrogens with zero attached hydrogens (tertiary/aromatic N) is 3. The van der Waals surface area contributed by atoms with E-state index in [1.54, 1.807) is 28.7 Å². The first-order chi connectivity index (χ1) is 15.6. The molecule has 1 aliphatic rings. The Bertz CT molecular complexity index is 1040. The van der Waals surface area contributed by atoms with E-state index in [0.717, 1.165) is 43.2 Å². The molecule has 0 radical (unpaired) electrons. The van der Waals surface area contributed by atoms with Crippen LogP contribution < -0.4 is 5.32 Å². The van der Waals surface area contributed by atoms with Crippen LogP contribution in [0.3, 0.4) is 0 Å². The molecule has 2 amide bonds. The van der Waals surface area contributed by atoms with E-state index in [-0.39, 0.29) is 11.8 Å². The van der Waals surface area contributed by atoms with Gasteiger partial charge in [0.15, 0.2) is 0 Å². The molecule has 0 saturated carbocycles. The number of carbonyl (C=O) groups is 2. The predicted octanol–water partition coefficient (Wildman–Crippen LogP) is 4.43. The molecule has 0 unspecified atom stereocenters. The molecule has 6 nitrogen and oxygen atoms in total. The molecule has 1 aliphatic heterocycles. The summed E-state index contributed by atoms with van der Waals surface area (Å²) in [5, 5.41) is 8.18. The van der Waals surface area contributed by atoms with E-state index >= 15 is 0 Å². The maximum absolute atomic E-state index is 13.0. The van der Waals surface area contributed by atoms with Gasteiger partial charge in [-0.2, -0.15) is 0 Å². The van der Waals surface area contributed by atoms with E-state index in [1.165, 1.54) is 4.88 Å². The molecular weight excluding hydrogens is 440 g/mol. The number of hydrogen-bond donors (Lipinski definition) is 1. The summed E-state index contributed by atoms with van der Waals surface area (Å²) in [5.41, 5.74) is 2.39. The van der Waals surface area contributed by atoms with Gasteiger partial charge in [-0.1, -0.05) is 12.1 Å². The van der Waals surface area contributed by atoms with Gasteiger partial charge >= 0.3 is 0 Å². The lowest BCUT2D eigenvalue weighted by molar-refractivity contribution is -0.116. The standard InChI is InChI=1S/C24H28N4O2S2/c1-18-25-21(17-32-18)16-27-10-12-28(13-11-27)24(30)19-5-2-6-20(15-19)26-23(29)9-3-7-22-8-4-14-31-22/h2,4-6,8,14-15,17H,3,7,9-13,16H2,1H3,(H,26,29). The summed E-state index contributed by atoms with van der Waals surface area (Å²) in [4.78, 5) is 35.4. The molecule has 2 aromatic heterocycles. The van der Waals surface area contributed by atoms with Gasteiger partial charge in [0, 0.05) is 60.7 Å². The van der Waals surface area contributed by atoms with Crippen LogP contribution in [0.1, 0.15) is 38.8 Å². The second-order valence-electron chi connectivity index (χ2n) is 7.99. The Balaban J connectivity index is 1.25. The summed E-state index contributed by atoms with van der Waals surface area (Å²) in [6.45, 7) is 5.92. The van der Waals surface area contributed by atoms with E-state index in [4.69, 9.17) is 0 Å². The van der Waals surface area contributed by atoms with Gasteiger partial charge in [-0.3, -0.25) is 14.5 Å². The number of benzene rings is 1. The maximum atomic E-state index is 13.0. The van der Waals surface area contributed by atoms with Crippen LogP contribution in [0.5, 0.6) is 0 Å². The van der Waals surface area contributed by atoms with Crippen LogP contribution in [0.2, 0.25) is 0 Å². The van der Waals surface area contributed by atoms with Gasteiger partial charge in [0.05, 0.1) is 10.7 Å². The number of aromatic nitrogens is 1. The smallest absolute Gasteiger partial charge is 0.254 e. The van der Waals surface area contributed by atoms with Crippen LogP contribution in [-0.4, -0.2) is 52.8 Å². The van der Waals surface area contributed by atoms with Crippen molar-refractivity contribution in [2.75, 3.05) is 31.5 Å². The topological polar surface area (TPSA) is 65.5 Å². The molecule has 8 heteroatoms. The zero-order valence-corrected chi connectivity index (χ0v) is 19.9. The van der Waals surface area contributed by atoms with Crippen molar-refractivity contribution >= 4 is 40.2 Å².